The Balaban J connectivity index is 1.36. The Bertz CT molecular complexity index is 1260. The Morgan fingerprint density at radius 3 is 2.18 bits per heavy atom. The molecule has 0 unspecified atom stereocenters. The van der Waals surface area contributed by atoms with E-state index in [-0.39, 0.29) is 30.5 Å². The molecule has 0 fully saturated rings. The highest BCUT2D eigenvalue weighted by molar-refractivity contribution is 6.09. The normalized spacial score (nSPS) is 14.9. The molecule has 4 rings (SSSR count). The summed E-state index contributed by atoms with van der Waals surface area (Å²) in [4.78, 5) is 49.0. The Kier molecular flexibility index (Phi) is 9.04. The minimum absolute atomic E-state index is 0.100. The van der Waals surface area contributed by atoms with Gasteiger partial charge in [0.1, 0.15) is 0 Å². The molecule has 9 nitrogen and oxygen atoms in total. The predicted molar refractivity (Wildman–Crippen MR) is 148 cm³/mol. The lowest BCUT2D eigenvalue weighted by Crippen LogP contribution is -2.44. The van der Waals surface area contributed by atoms with Gasteiger partial charge in [0, 0.05) is 31.3 Å². The van der Waals surface area contributed by atoms with Crippen LogP contribution in [0.1, 0.15) is 42.5 Å². The van der Waals surface area contributed by atoms with Gasteiger partial charge < -0.3 is 15.8 Å². The molecule has 0 saturated heterocycles. The molecule has 3 aromatic rings. The summed E-state index contributed by atoms with van der Waals surface area (Å²) in [5.41, 5.74) is 7.30. The SMILES string of the molecule is COC(=O)N[C@@H](Cc1ccccn1)C(=O)CCCCCN1C(=O)C(c2ccccc2)(c2ccccc2)N=C1N. The molecule has 2 aromatic carbocycles. The van der Waals surface area contributed by atoms with Crippen LogP contribution < -0.4 is 11.1 Å². The highest BCUT2D eigenvalue weighted by Gasteiger charge is 2.50. The molecular weight excluding hydrogens is 494 g/mol. The molecule has 9 heteroatoms. The standard InChI is InChI=1S/C30H33N5O4/c1-39-29(38)33-25(21-24-17-10-11-19-32-24)26(36)18-9-4-12-20-35-27(37)30(34-28(35)31,22-13-5-2-6-14-22)23-15-7-3-8-16-23/h2-3,5-8,10-11,13-17,19,25H,4,9,12,18,20-21H2,1H3,(H2,31,34)(H,33,38)/t25-/m0/s1. The maximum Gasteiger partial charge on any atom is 0.407 e. The van der Waals surface area contributed by atoms with Gasteiger partial charge in [0.15, 0.2) is 17.3 Å². The lowest BCUT2D eigenvalue weighted by atomic mass is 9.83. The number of rotatable bonds is 12. The van der Waals surface area contributed by atoms with Gasteiger partial charge in [0.25, 0.3) is 5.91 Å². The second-order valence-electron chi connectivity index (χ2n) is 9.36. The molecule has 3 N–H and O–H groups in total. The first-order chi connectivity index (χ1) is 19.0. The van der Waals surface area contributed by atoms with Crippen molar-refractivity contribution in [1.29, 1.82) is 0 Å². The van der Waals surface area contributed by atoms with E-state index in [1.54, 1.807) is 12.3 Å². The van der Waals surface area contributed by atoms with E-state index in [0.717, 1.165) is 11.1 Å². The lowest BCUT2D eigenvalue weighted by Gasteiger charge is -2.27. The van der Waals surface area contributed by atoms with Crippen LogP contribution in [0.25, 0.3) is 0 Å². The Hall–Kier alpha value is -4.53. The quantitative estimate of drug-likeness (QED) is 0.347. The molecule has 1 aliphatic heterocycles. The van der Waals surface area contributed by atoms with Crippen molar-refractivity contribution in [3.63, 3.8) is 0 Å². The molecule has 2 heterocycles. The molecule has 0 aliphatic carbocycles. The number of aromatic nitrogens is 1. The number of unbranched alkanes of at least 4 members (excludes halogenated alkanes) is 2. The summed E-state index contributed by atoms with van der Waals surface area (Å²) in [6.45, 7) is 0.390. The van der Waals surface area contributed by atoms with E-state index < -0.39 is 17.7 Å². The van der Waals surface area contributed by atoms with Crippen molar-refractivity contribution in [1.82, 2.24) is 15.2 Å². The molecule has 1 aliphatic rings. The number of ketones is 1. The number of nitrogens with one attached hydrogen (secondary N) is 1. The third-order valence-corrected chi connectivity index (χ3v) is 6.81. The van der Waals surface area contributed by atoms with E-state index in [1.165, 1.54) is 12.0 Å². The molecule has 0 bridgehead atoms. The Morgan fingerprint density at radius 2 is 1.59 bits per heavy atom. The second kappa shape index (κ2) is 12.8. The van der Waals surface area contributed by atoms with Crippen molar-refractivity contribution >= 4 is 23.7 Å². The summed E-state index contributed by atoms with van der Waals surface area (Å²) in [6, 6.07) is 23.6. The molecule has 2 amide bonds. The number of Topliss-reactive ketones (excluding diaryl/α,β-unsaturated/α-hetero) is 1. The predicted octanol–water partition coefficient (Wildman–Crippen LogP) is 3.58. The van der Waals surface area contributed by atoms with Gasteiger partial charge in [-0.15, -0.1) is 0 Å². The van der Waals surface area contributed by atoms with Gasteiger partial charge in [-0.1, -0.05) is 73.2 Å². The summed E-state index contributed by atoms with van der Waals surface area (Å²) in [5.74, 6) is -0.107. The maximum absolute atomic E-state index is 13.8. The number of hydrogen-bond donors (Lipinski definition) is 2. The fraction of sp³-hybridized carbons (Fsp3) is 0.300. The van der Waals surface area contributed by atoms with Gasteiger partial charge in [-0.2, -0.15) is 0 Å². The number of ether oxygens (including phenoxy) is 1. The zero-order chi connectivity index (χ0) is 27.7. The number of carbonyl (C=O) groups excluding carboxylic acids is 3. The summed E-state index contributed by atoms with van der Waals surface area (Å²) in [5, 5.41) is 2.62. The average Bonchev–Trinajstić information content (AvgIpc) is 3.23. The van der Waals surface area contributed by atoms with Gasteiger partial charge in [-0.3, -0.25) is 19.5 Å². The molecule has 202 valence electrons. The van der Waals surface area contributed by atoms with Gasteiger partial charge >= 0.3 is 6.09 Å². The fourth-order valence-corrected chi connectivity index (χ4v) is 4.79. The summed E-state index contributed by atoms with van der Waals surface area (Å²) >= 11 is 0. The van der Waals surface area contributed by atoms with Crippen molar-refractivity contribution in [2.24, 2.45) is 10.7 Å². The molecule has 1 aromatic heterocycles. The molecule has 39 heavy (non-hydrogen) atoms. The van der Waals surface area contributed by atoms with Crippen molar-refractivity contribution < 1.29 is 19.1 Å². The number of amides is 2. The third-order valence-electron chi connectivity index (χ3n) is 6.81. The average molecular weight is 528 g/mol. The second-order valence-corrected chi connectivity index (χ2v) is 9.36. The highest BCUT2D eigenvalue weighted by Crippen LogP contribution is 2.39. The number of carbonyl (C=O) groups is 3. The number of guanidine groups is 1. The van der Waals surface area contributed by atoms with Crippen LogP contribution >= 0.6 is 0 Å². The first-order valence-corrected chi connectivity index (χ1v) is 13.0. The number of methoxy groups -OCH3 is 1. The summed E-state index contributed by atoms with van der Waals surface area (Å²) in [7, 11) is 1.26. The number of nitrogens with two attached hydrogens (primary N) is 1. The number of nitrogens with zero attached hydrogens (tertiary/aromatic N) is 3. The van der Waals surface area contributed by atoms with Crippen LogP contribution in [0.2, 0.25) is 0 Å². The van der Waals surface area contributed by atoms with E-state index in [4.69, 9.17) is 10.7 Å². The van der Waals surface area contributed by atoms with E-state index in [1.807, 2.05) is 72.8 Å². The van der Waals surface area contributed by atoms with E-state index in [9.17, 15) is 14.4 Å². The summed E-state index contributed by atoms with van der Waals surface area (Å²) < 4.78 is 4.69. The van der Waals surface area contributed by atoms with Crippen LogP contribution in [0.15, 0.2) is 90.1 Å². The van der Waals surface area contributed by atoms with Crippen LogP contribution in [0.5, 0.6) is 0 Å². The minimum Gasteiger partial charge on any atom is -0.453 e. The number of pyridine rings is 1. The van der Waals surface area contributed by atoms with Crippen LogP contribution in [0, 0.1) is 0 Å². The van der Waals surface area contributed by atoms with Gasteiger partial charge in [0.2, 0.25) is 0 Å². The van der Waals surface area contributed by atoms with Crippen molar-refractivity contribution in [3.8, 4) is 0 Å². The smallest absolute Gasteiger partial charge is 0.407 e. The topological polar surface area (TPSA) is 127 Å². The van der Waals surface area contributed by atoms with Crippen molar-refractivity contribution in [2.75, 3.05) is 13.7 Å². The number of hydrogen-bond acceptors (Lipinski definition) is 7. The van der Waals surface area contributed by atoms with Crippen LogP contribution in [0.4, 0.5) is 4.79 Å². The number of benzene rings is 2. The van der Waals surface area contributed by atoms with Crippen molar-refractivity contribution in [3.05, 3.63) is 102 Å². The van der Waals surface area contributed by atoms with Crippen LogP contribution in [0.3, 0.4) is 0 Å². The first kappa shape index (κ1) is 27.5. The maximum atomic E-state index is 13.8. The fourth-order valence-electron chi connectivity index (χ4n) is 4.79. The zero-order valence-corrected chi connectivity index (χ0v) is 22.0. The van der Waals surface area contributed by atoms with Crippen LogP contribution in [-0.2, 0) is 26.3 Å². The number of alkyl carbamates (subject to hydrolysis) is 1. The largest absolute Gasteiger partial charge is 0.453 e. The lowest BCUT2D eigenvalue weighted by molar-refractivity contribution is -0.130. The molecule has 1 atom stereocenters. The monoisotopic (exact) mass is 527 g/mol. The highest BCUT2D eigenvalue weighted by atomic mass is 16.5. The van der Waals surface area contributed by atoms with E-state index in [0.29, 0.717) is 31.5 Å². The van der Waals surface area contributed by atoms with Crippen LogP contribution in [-0.4, -0.2) is 53.3 Å². The Morgan fingerprint density at radius 1 is 0.949 bits per heavy atom. The third kappa shape index (κ3) is 6.31. The summed E-state index contributed by atoms with van der Waals surface area (Å²) in [6.07, 6.45) is 3.48. The van der Waals surface area contributed by atoms with Crippen molar-refractivity contribution in [2.45, 2.75) is 43.7 Å². The molecular formula is C30H33N5O4. The van der Waals surface area contributed by atoms with Gasteiger partial charge in [-0.25, -0.2) is 9.79 Å². The van der Waals surface area contributed by atoms with Gasteiger partial charge in [0.05, 0.1) is 13.2 Å². The van der Waals surface area contributed by atoms with Gasteiger partial charge in [-0.05, 0) is 36.1 Å². The molecule has 0 saturated carbocycles. The molecule has 0 spiro atoms. The first-order valence-electron chi connectivity index (χ1n) is 13.0. The Labute approximate surface area is 228 Å². The number of aliphatic imine (C=N–C) groups is 1. The molecule has 0 radical (unpaired) electrons. The minimum atomic E-state index is -1.22. The zero-order valence-electron chi connectivity index (χ0n) is 22.0. The van der Waals surface area contributed by atoms with E-state index in [2.05, 4.69) is 15.0 Å². The van der Waals surface area contributed by atoms with E-state index >= 15 is 0 Å².